The molecule has 2 saturated heterocycles. The van der Waals surface area contributed by atoms with Crippen LogP contribution in [0.1, 0.15) is 12.8 Å². The SMILES string of the molecule is O=[N+]([O-])N1C2CC3C(O)C(CC1C3O)C2O. The highest BCUT2D eigenvalue weighted by atomic mass is 16.7. The Kier molecular flexibility index (Phi) is 1.96. The number of aliphatic hydroxyl groups is 3. The molecule has 0 spiro atoms. The first kappa shape index (κ1) is 10.2. The van der Waals surface area contributed by atoms with Crippen LogP contribution in [0.15, 0.2) is 0 Å². The van der Waals surface area contributed by atoms with E-state index in [2.05, 4.69) is 0 Å². The fraction of sp³-hybridized carbons (Fsp3) is 1.00. The molecular weight excluding hydrogens is 216 g/mol. The Morgan fingerprint density at radius 2 is 1.44 bits per heavy atom. The lowest BCUT2D eigenvalue weighted by molar-refractivity contribution is -0.689. The highest BCUT2D eigenvalue weighted by Crippen LogP contribution is 2.49. The molecule has 0 aromatic carbocycles. The molecule has 0 aromatic heterocycles. The summed E-state index contributed by atoms with van der Waals surface area (Å²) in [7, 11) is 0. The second-order valence-corrected chi connectivity index (χ2v) is 5.02. The average Bonchev–Trinajstić information content (AvgIpc) is 2.21. The Morgan fingerprint density at radius 1 is 1.00 bits per heavy atom. The van der Waals surface area contributed by atoms with Gasteiger partial charge in [-0.25, -0.2) is 10.1 Å². The predicted octanol–water partition coefficient (Wildman–Crippen LogP) is -1.65. The zero-order chi connectivity index (χ0) is 11.6. The molecule has 4 aliphatic rings. The first-order chi connectivity index (χ1) is 7.52. The molecule has 4 fully saturated rings. The second kappa shape index (κ2) is 3.06. The van der Waals surface area contributed by atoms with E-state index in [9.17, 15) is 25.4 Å². The van der Waals surface area contributed by atoms with Crippen LogP contribution < -0.4 is 0 Å². The monoisotopic (exact) mass is 230 g/mol. The van der Waals surface area contributed by atoms with Crippen molar-refractivity contribution >= 4 is 0 Å². The third kappa shape index (κ3) is 1.03. The van der Waals surface area contributed by atoms with Gasteiger partial charge in [0.15, 0.2) is 5.03 Å². The minimum Gasteiger partial charge on any atom is -0.392 e. The van der Waals surface area contributed by atoms with Gasteiger partial charge >= 0.3 is 0 Å². The summed E-state index contributed by atoms with van der Waals surface area (Å²) in [6.45, 7) is 0. The number of rotatable bonds is 1. The number of nitro groups is 1. The Bertz CT molecular complexity index is 314. The van der Waals surface area contributed by atoms with Gasteiger partial charge in [0, 0.05) is 11.8 Å². The summed E-state index contributed by atoms with van der Waals surface area (Å²) in [5.74, 6) is -0.651. The lowest BCUT2D eigenvalue weighted by atomic mass is 9.60. The molecule has 3 N–H and O–H groups in total. The summed E-state index contributed by atoms with van der Waals surface area (Å²) in [6.07, 6.45) is -1.87. The summed E-state index contributed by atoms with van der Waals surface area (Å²) in [5.41, 5.74) is 0. The van der Waals surface area contributed by atoms with Crippen molar-refractivity contribution in [1.82, 2.24) is 5.01 Å². The van der Waals surface area contributed by atoms with Crippen LogP contribution >= 0.6 is 0 Å². The van der Waals surface area contributed by atoms with Crippen molar-refractivity contribution in [1.29, 1.82) is 0 Å². The summed E-state index contributed by atoms with van der Waals surface area (Å²) in [5, 5.41) is 41.1. The number of hydrogen-bond acceptors (Lipinski definition) is 5. The standard InChI is InChI=1S/C9H14N2O5/c12-7-3-1-5-9(14)4(7)2-6(8(3)13)10(5)11(15)16/h3-9,12-14H,1-2H2. The van der Waals surface area contributed by atoms with Gasteiger partial charge in [0.2, 0.25) is 0 Å². The zero-order valence-corrected chi connectivity index (χ0v) is 8.51. The van der Waals surface area contributed by atoms with E-state index in [1.165, 1.54) is 0 Å². The fourth-order valence-electron chi connectivity index (χ4n) is 3.70. The molecule has 2 heterocycles. The van der Waals surface area contributed by atoms with Crippen molar-refractivity contribution in [3.05, 3.63) is 10.1 Å². The number of nitrogens with zero attached hydrogens (tertiary/aromatic N) is 2. The minimum absolute atomic E-state index is 0.289. The van der Waals surface area contributed by atoms with E-state index >= 15 is 0 Å². The number of aliphatic hydroxyl groups excluding tert-OH is 3. The summed E-state index contributed by atoms with van der Waals surface area (Å²) < 4.78 is 0. The Hall–Kier alpha value is -0.920. The zero-order valence-electron chi connectivity index (χ0n) is 8.51. The number of hydrazine groups is 1. The molecule has 16 heavy (non-hydrogen) atoms. The van der Waals surface area contributed by atoms with Gasteiger partial charge in [0.1, 0.15) is 12.1 Å². The lowest BCUT2D eigenvalue weighted by Gasteiger charge is -2.58. The highest BCUT2D eigenvalue weighted by molar-refractivity contribution is 5.10. The average molecular weight is 230 g/mol. The van der Waals surface area contributed by atoms with E-state index in [4.69, 9.17) is 0 Å². The van der Waals surface area contributed by atoms with E-state index in [0.29, 0.717) is 0 Å². The van der Waals surface area contributed by atoms with E-state index in [-0.39, 0.29) is 24.7 Å². The molecule has 2 aliphatic heterocycles. The molecular formula is C9H14N2O5. The Balaban J connectivity index is 1.98. The van der Waals surface area contributed by atoms with Crippen molar-refractivity contribution in [2.24, 2.45) is 11.8 Å². The molecule has 0 amide bonds. The molecule has 2 aliphatic carbocycles. The fourth-order valence-corrected chi connectivity index (χ4v) is 3.70. The summed E-state index contributed by atoms with van der Waals surface area (Å²) in [4.78, 5) is 10.9. The first-order valence-corrected chi connectivity index (χ1v) is 5.49. The maximum Gasteiger partial charge on any atom is 0.160 e. The van der Waals surface area contributed by atoms with E-state index < -0.39 is 35.4 Å². The van der Waals surface area contributed by atoms with Gasteiger partial charge < -0.3 is 15.3 Å². The smallest absolute Gasteiger partial charge is 0.160 e. The van der Waals surface area contributed by atoms with Gasteiger partial charge in [-0.15, -0.1) is 5.01 Å². The first-order valence-electron chi connectivity index (χ1n) is 5.49. The quantitative estimate of drug-likeness (QED) is 0.368. The normalized spacial score (nSPS) is 54.4. The highest BCUT2D eigenvalue weighted by Gasteiger charge is 2.64. The number of piperidine rings is 2. The van der Waals surface area contributed by atoms with E-state index in [1.54, 1.807) is 0 Å². The van der Waals surface area contributed by atoms with Crippen LogP contribution in [0.5, 0.6) is 0 Å². The van der Waals surface area contributed by atoms with E-state index in [1.807, 2.05) is 0 Å². The molecule has 0 aromatic rings. The van der Waals surface area contributed by atoms with Crippen LogP contribution in [0.2, 0.25) is 0 Å². The van der Waals surface area contributed by atoms with Crippen molar-refractivity contribution in [3.63, 3.8) is 0 Å². The van der Waals surface area contributed by atoms with Crippen LogP contribution in [0.25, 0.3) is 0 Å². The maximum absolute atomic E-state index is 10.9. The molecule has 6 unspecified atom stereocenters. The van der Waals surface area contributed by atoms with Crippen molar-refractivity contribution in [3.8, 4) is 0 Å². The third-order valence-electron chi connectivity index (χ3n) is 4.44. The van der Waals surface area contributed by atoms with Crippen LogP contribution in [-0.2, 0) is 0 Å². The third-order valence-corrected chi connectivity index (χ3v) is 4.44. The molecule has 0 radical (unpaired) electrons. The lowest BCUT2D eigenvalue weighted by Crippen LogP contribution is -2.74. The van der Waals surface area contributed by atoms with Gasteiger partial charge in [-0.1, -0.05) is 0 Å². The minimum atomic E-state index is -0.861. The molecule has 4 bridgehead atoms. The Morgan fingerprint density at radius 3 is 1.81 bits per heavy atom. The molecule has 4 rings (SSSR count). The Labute approximate surface area is 91.4 Å². The maximum atomic E-state index is 10.9. The van der Waals surface area contributed by atoms with Gasteiger partial charge in [-0.3, -0.25) is 0 Å². The topological polar surface area (TPSA) is 107 Å². The molecule has 90 valence electrons. The summed E-state index contributed by atoms with van der Waals surface area (Å²) >= 11 is 0. The van der Waals surface area contributed by atoms with Crippen LogP contribution in [0.3, 0.4) is 0 Å². The van der Waals surface area contributed by atoms with Crippen molar-refractivity contribution < 1.29 is 20.4 Å². The van der Waals surface area contributed by atoms with Crippen molar-refractivity contribution in [2.75, 3.05) is 0 Å². The van der Waals surface area contributed by atoms with Gasteiger partial charge in [-0.2, -0.15) is 0 Å². The number of hydrogen-bond donors (Lipinski definition) is 3. The molecule has 6 atom stereocenters. The molecule has 7 nitrogen and oxygen atoms in total. The molecule has 2 saturated carbocycles. The summed E-state index contributed by atoms with van der Waals surface area (Å²) in [6, 6.07) is -1.12. The van der Waals surface area contributed by atoms with Crippen LogP contribution in [0, 0.1) is 22.0 Å². The largest absolute Gasteiger partial charge is 0.392 e. The van der Waals surface area contributed by atoms with Crippen LogP contribution in [-0.4, -0.2) is 55.8 Å². The van der Waals surface area contributed by atoms with Gasteiger partial charge in [-0.05, 0) is 12.8 Å². The van der Waals surface area contributed by atoms with Gasteiger partial charge in [0.05, 0.1) is 18.3 Å². The van der Waals surface area contributed by atoms with E-state index in [0.717, 1.165) is 5.01 Å². The van der Waals surface area contributed by atoms with Crippen LogP contribution in [0.4, 0.5) is 0 Å². The van der Waals surface area contributed by atoms with Crippen molar-refractivity contribution in [2.45, 2.75) is 43.2 Å². The predicted molar refractivity (Wildman–Crippen MR) is 50.6 cm³/mol. The second-order valence-electron chi connectivity index (χ2n) is 5.02. The molecule has 7 heteroatoms. The van der Waals surface area contributed by atoms with Gasteiger partial charge in [0.25, 0.3) is 0 Å².